The summed E-state index contributed by atoms with van der Waals surface area (Å²) < 4.78 is 18.7. The average molecular weight is 544 g/mol. The van der Waals surface area contributed by atoms with Gasteiger partial charge in [-0.3, -0.25) is 4.90 Å². The summed E-state index contributed by atoms with van der Waals surface area (Å²) in [7, 11) is 1.66. The van der Waals surface area contributed by atoms with Crippen molar-refractivity contribution in [2.75, 3.05) is 32.1 Å². The topological polar surface area (TPSA) is 90.7 Å². The number of ether oxygens (including phenoxy) is 3. The molecular formula is C31H37N5O4. The molecule has 1 N–H and O–H groups in total. The highest BCUT2D eigenvalue weighted by Gasteiger charge is 2.31. The minimum Gasteiger partial charge on any atom is -0.497 e. The van der Waals surface area contributed by atoms with Crippen molar-refractivity contribution >= 4 is 22.8 Å². The molecule has 0 aliphatic carbocycles. The van der Waals surface area contributed by atoms with Gasteiger partial charge < -0.3 is 19.5 Å². The first-order valence-corrected chi connectivity index (χ1v) is 13.7. The van der Waals surface area contributed by atoms with Gasteiger partial charge in [0.2, 0.25) is 0 Å². The first kappa shape index (κ1) is 27.5. The molecule has 2 aromatic heterocycles. The summed E-state index contributed by atoms with van der Waals surface area (Å²) >= 11 is 0. The third-order valence-electron chi connectivity index (χ3n) is 7.14. The van der Waals surface area contributed by atoms with Crippen molar-refractivity contribution in [1.82, 2.24) is 19.7 Å². The Morgan fingerprint density at radius 2 is 1.90 bits per heavy atom. The van der Waals surface area contributed by atoms with E-state index in [0.29, 0.717) is 35.9 Å². The Bertz CT molecular complexity index is 1480. The second-order valence-electron chi connectivity index (χ2n) is 11.0. The van der Waals surface area contributed by atoms with Crippen molar-refractivity contribution in [1.29, 1.82) is 0 Å². The van der Waals surface area contributed by atoms with Gasteiger partial charge in [-0.25, -0.2) is 14.5 Å². The van der Waals surface area contributed by atoms with Crippen LogP contribution in [0.3, 0.4) is 0 Å². The van der Waals surface area contributed by atoms with Crippen molar-refractivity contribution in [3.8, 4) is 17.2 Å². The Morgan fingerprint density at radius 3 is 2.60 bits per heavy atom. The first-order chi connectivity index (χ1) is 19.2. The first-order valence-electron chi connectivity index (χ1n) is 13.7. The quantitative estimate of drug-likeness (QED) is 0.267. The van der Waals surface area contributed by atoms with E-state index in [-0.39, 0.29) is 17.6 Å². The molecule has 1 unspecified atom stereocenters. The molecule has 1 fully saturated rings. The van der Waals surface area contributed by atoms with Crippen molar-refractivity contribution < 1.29 is 19.0 Å². The lowest BCUT2D eigenvalue weighted by molar-refractivity contribution is 0.0526. The van der Waals surface area contributed by atoms with E-state index in [1.807, 2.05) is 41.1 Å². The number of aromatic nitrogens is 3. The number of esters is 1. The van der Waals surface area contributed by atoms with Crippen LogP contribution in [-0.4, -0.2) is 64.0 Å². The number of nitrogens with one attached hydrogen (secondary N) is 1. The smallest absolute Gasteiger partial charge is 0.338 e. The van der Waals surface area contributed by atoms with Crippen LogP contribution < -0.4 is 14.8 Å². The monoisotopic (exact) mass is 543 g/mol. The van der Waals surface area contributed by atoms with Gasteiger partial charge in [0.1, 0.15) is 22.6 Å². The Balaban J connectivity index is 1.50. The maximum absolute atomic E-state index is 12.3. The molecule has 2 aromatic carbocycles. The second kappa shape index (κ2) is 11.6. The van der Waals surface area contributed by atoms with Crippen LogP contribution in [0, 0.1) is 0 Å². The number of rotatable bonds is 9. The van der Waals surface area contributed by atoms with Crippen LogP contribution >= 0.6 is 0 Å². The van der Waals surface area contributed by atoms with Gasteiger partial charge in [0.15, 0.2) is 11.5 Å². The molecule has 210 valence electrons. The third-order valence-corrected chi connectivity index (χ3v) is 7.14. The molecule has 0 saturated carbocycles. The fourth-order valence-corrected chi connectivity index (χ4v) is 4.98. The van der Waals surface area contributed by atoms with Crippen LogP contribution in [0.2, 0.25) is 0 Å². The number of hydrogen-bond donors (Lipinski definition) is 1. The van der Waals surface area contributed by atoms with Crippen LogP contribution in [0.4, 0.5) is 5.82 Å². The summed E-state index contributed by atoms with van der Waals surface area (Å²) in [5.41, 5.74) is 2.33. The van der Waals surface area contributed by atoms with Gasteiger partial charge in [0.25, 0.3) is 0 Å². The third kappa shape index (κ3) is 6.04. The highest BCUT2D eigenvalue weighted by molar-refractivity contribution is 5.94. The number of nitrogens with zero attached hydrogens (tertiary/aromatic N) is 4. The Morgan fingerprint density at radius 1 is 1.10 bits per heavy atom. The standard InChI is InChI=1S/C31H37N5O4/c1-6-39-30(37)22-8-7-9-25(18-22)40-26-14-16-32-29-27(26)28(33-23-15-17-35(20-23)31(2,3)4)34-36(29)19-21-10-12-24(38-5)13-11-21/h7-14,16,18,23H,6,15,17,19-20H2,1-5H3,(H,33,34). The largest absolute Gasteiger partial charge is 0.497 e. The predicted molar refractivity (Wildman–Crippen MR) is 155 cm³/mol. The summed E-state index contributed by atoms with van der Waals surface area (Å²) in [4.78, 5) is 19.5. The van der Waals surface area contributed by atoms with Crippen LogP contribution in [0.5, 0.6) is 17.2 Å². The predicted octanol–water partition coefficient (Wildman–Crippen LogP) is 5.74. The molecule has 1 aliphatic rings. The van der Waals surface area contributed by atoms with Gasteiger partial charge in [-0.05, 0) is 70.0 Å². The molecule has 1 saturated heterocycles. The molecule has 0 bridgehead atoms. The number of carbonyl (C=O) groups excluding carboxylic acids is 1. The zero-order chi connectivity index (χ0) is 28.3. The summed E-state index contributed by atoms with van der Waals surface area (Å²) in [6, 6.07) is 17.0. The number of methoxy groups -OCH3 is 1. The maximum Gasteiger partial charge on any atom is 0.338 e. The molecule has 1 aliphatic heterocycles. The normalized spacial score (nSPS) is 15.8. The highest BCUT2D eigenvalue weighted by atomic mass is 16.5. The minimum absolute atomic E-state index is 0.103. The Hall–Kier alpha value is -4.11. The molecule has 9 nitrogen and oxygen atoms in total. The Labute approximate surface area is 235 Å². The number of anilines is 1. The van der Waals surface area contributed by atoms with Gasteiger partial charge in [-0.2, -0.15) is 5.10 Å². The number of likely N-dealkylation sites (tertiary alicyclic amines) is 1. The van der Waals surface area contributed by atoms with Crippen LogP contribution in [0.25, 0.3) is 11.0 Å². The van der Waals surface area contributed by atoms with Gasteiger partial charge in [-0.15, -0.1) is 0 Å². The molecule has 4 aromatic rings. The minimum atomic E-state index is -0.382. The van der Waals surface area contributed by atoms with E-state index in [0.717, 1.165) is 42.0 Å². The van der Waals surface area contributed by atoms with Crippen LogP contribution in [0.15, 0.2) is 60.8 Å². The molecule has 3 heterocycles. The van der Waals surface area contributed by atoms with Crippen molar-refractivity contribution in [3.05, 3.63) is 71.9 Å². The summed E-state index contributed by atoms with van der Waals surface area (Å²) in [6.45, 7) is 11.3. The van der Waals surface area contributed by atoms with Crippen LogP contribution in [-0.2, 0) is 11.3 Å². The van der Waals surface area contributed by atoms with Gasteiger partial charge in [0.05, 0.1) is 25.8 Å². The molecular weight excluding hydrogens is 506 g/mol. The van der Waals surface area contributed by atoms with Gasteiger partial charge >= 0.3 is 5.97 Å². The van der Waals surface area contributed by atoms with E-state index in [1.54, 1.807) is 38.4 Å². The lowest BCUT2D eigenvalue weighted by Crippen LogP contribution is -2.40. The lowest BCUT2D eigenvalue weighted by Gasteiger charge is -2.31. The van der Waals surface area contributed by atoms with E-state index >= 15 is 0 Å². The Kier molecular flexibility index (Phi) is 7.93. The summed E-state index contributed by atoms with van der Waals surface area (Å²) in [5, 5.41) is 9.48. The number of carbonyl (C=O) groups is 1. The number of pyridine rings is 1. The van der Waals surface area contributed by atoms with Crippen molar-refractivity contribution in [3.63, 3.8) is 0 Å². The fraction of sp³-hybridized carbons (Fsp3) is 0.387. The molecule has 9 heteroatoms. The van der Waals surface area contributed by atoms with E-state index in [1.165, 1.54) is 0 Å². The maximum atomic E-state index is 12.3. The highest BCUT2D eigenvalue weighted by Crippen LogP contribution is 2.36. The van der Waals surface area contributed by atoms with E-state index in [4.69, 9.17) is 24.3 Å². The second-order valence-corrected chi connectivity index (χ2v) is 11.0. The zero-order valence-corrected chi connectivity index (χ0v) is 23.8. The van der Waals surface area contributed by atoms with E-state index in [2.05, 4.69) is 31.0 Å². The van der Waals surface area contributed by atoms with Gasteiger partial charge in [0, 0.05) is 36.9 Å². The molecule has 40 heavy (non-hydrogen) atoms. The summed E-state index contributed by atoms with van der Waals surface area (Å²) in [5.74, 6) is 2.30. The summed E-state index contributed by atoms with van der Waals surface area (Å²) in [6.07, 6.45) is 2.74. The van der Waals surface area contributed by atoms with E-state index < -0.39 is 0 Å². The zero-order valence-electron chi connectivity index (χ0n) is 23.8. The number of benzene rings is 2. The molecule has 0 amide bonds. The SMILES string of the molecule is CCOC(=O)c1cccc(Oc2ccnc3c2c(NC2CCN(C(C)(C)C)C2)nn3Cc2ccc(OC)cc2)c1. The lowest BCUT2D eigenvalue weighted by atomic mass is 10.1. The van der Waals surface area contributed by atoms with Gasteiger partial charge in [-0.1, -0.05) is 18.2 Å². The molecule has 1 atom stereocenters. The van der Waals surface area contributed by atoms with Crippen molar-refractivity contribution in [2.45, 2.75) is 52.2 Å². The average Bonchev–Trinajstić information content (AvgIpc) is 3.55. The molecule has 0 spiro atoms. The number of fused-ring (bicyclic) bond motifs is 1. The van der Waals surface area contributed by atoms with Crippen molar-refractivity contribution in [2.24, 2.45) is 0 Å². The molecule has 5 rings (SSSR count). The van der Waals surface area contributed by atoms with Crippen LogP contribution in [0.1, 0.15) is 50.0 Å². The molecule has 0 radical (unpaired) electrons. The fourth-order valence-electron chi connectivity index (χ4n) is 4.98. The number of hydrogen-bond acceptors (Lipinski definition) is 8. The van der Waals surface area contributed by atoms with E-state index in [9.17, 15) is 4.79 Å².